The van der Waals surface area contributed by atoms with Gasteiger partial charge in [-0.25, -0.2) is 4.39 Å². The molecule has 2 aromatic carbocycles. The first kappa shape index (κ1) is 16.0. The fourth-order valence-electron chi connectivity index (χ4n) is 1.91. The zero-order valence-electron chi connectivity index (χ0n) is 11.5. The fourth-order valence-corrected chi connectivity index (χ4v) is 2.13. The van der Waals surface area contributed by atoms with E-state index in [0.717, 1.165) is 12.1 Å². The smallest absolute Gasteiger partial charge is 0.206 e. The van der Waals surface area contributed by atoms with E-state index < -0.39 is 29.6 Å². The van der Waals surface area contributed by atoms with E-state index in [2.05, 4.69) is 0 Å². The minimum atomic E-state index is -0.769. The fraction of sp³-hybridized carbons (Fsp3) is 0.118. The lowest BCUT2D eigenvalue weighted by molar-refractivity contribution is -0.135. The molecule has 0 radical (unpaired) electrons. The van der Waals surface area contributed by atoms with Crippen molar-refractivity contribution in [3.63, 3.8) is 0 Å². The number of carbonyl (C=O) groups excluding carboxylic acids is 3. The summed E-state index contributed by atoms with van der Waals surface area (Å²) < 4.78 is 12.8. The van der Waals surface area contributed by atoms with Gasteiger partial charge in [0.25, 0.3) is 0 Å². The van der Waals surface area contributed by atoms with Crippen molar-refractivity contribution < 1.29 is 18.8 Å². The lowest BCUT2D eigenvalue weighted by Gasteiger charge is -2.02. The van der Waals surface area contributed by atoms with Gasteiger partial charge in [-0.2, -0.15) is 0 Å². The number of Topliss-reactive ketones (excluding diaryl/α,β-unsaturated/α-hetero) is 3. The lowest BCUT2D eigenvalue weighted by Crippen LogP contribution is -2.20. The third-order valence-electron chi connectivity index (χ3n) is 3.05. The van der Waals surface area contributed by atoms with Crippen LogP contribution in [0.1, 0.15) is 22.3 Å². The minimum Gasteiger partial charge on any atom is -0.294 e. The molecule has 0 spiro atoms. The van der Waals surface area contributed by atoms with Gasteiger partial charge in [-0.05, 0) is 42.0 Å². The standard InChI is InChI=1S/C17H12ClFO3/c18-13-3-1-2-11(8-13)9-16(21)17(22)10-15(20)12-4-6-14(19)7-5-12/h1-8H,9-10H2. The summed E-state index contributed by atoms with van der Waals surface area (Å²) in [4.78, 5) is 35.5. The number of hydrogen-bond donors (Lipinski definition) is 0. The predicted octanol–water partition coefficient (Wildman–Crippen LogP) is 3.43. The Morgan fingerprint density at radius 3 is 2.27 bits per heavy atom. The van der Waals surface area contributed by atoms with Crippen LogP contribution < -0.4 is 0 Å². The van der Waals surface area contributed by atoms with E-state index in [9.17, 15) is 18.8 Å². The molecule has 0 atom stereocenters. The summed E-state index contributed by atoms with van der Waals surface area (Å²) in [6.45, 7) is 0. The quantitative estimate of drug-likeness (QED) is 0.466. The molecular weight excluding hydrogens is 307 g/mol. The van der Waals surface area contributed by atoms with Crippen molar-refractivity contribution in [1.29, 1.82) is 0 Å². The largest absolute Gasteiger partial charge is 0.294 e. The highest BCUT2D eigenvalue weighted by molar-refractivity contribution is 6.41. The van der Waals surface area contributed by atoms with Gasteiger partial charge in [-0.15, -0.1) is 0 Å². The number of hydrogen-bond acceptors (Lipinski definition) is 3. The van der Waals surface area contributed by atoms with Crippen LogP contribution in [0.4, 0.5) is 4.39 Å². The number of rotatable bonds is 6. The van der Waals surface area contributed by atoms with Crippen LogP contribution in [0.15, 0.2) is 48.5 Å². The molecule has 112 valence electrons. The molecule has 0 bridgehead atoms. The molecule has 2 aromatic rings. The number of halogens is 2. The molecule has 0 aliphatic heterocycles. The van der Waals surface area contributed by atoms with Gasteiger partial charge in [0.05, 0.1) is 6.42 Å². The summed E-state index contributed by atoms with van der Waals surface area (Å²) in [5.74, 6) is -2.41. The van der Waals surface area contributed by atoms with Crippen molar-refractivity contribution >= 4 is 29.0 Å². The number of benzene rings is 2. The Balaban J connectivity index is 1.98. The van der Waals surface area contributed by atoms with Crippen molar-refractivity contribution in [3.8, 4) is 0 Å². The van der Waals surface area contributed by atoms with Crippen LogP contribution >= 0.6 is 11.6 Å². The molecule has 0 saturated carbocycles. The monoisotopic (exact) mass is 318 g/mol. The highest BCUT2D eigenvalue weighted by atomic mass is 35.5. The van der Waals surface area contributed by atoms with Crippen molar-refractivity contribution in [2.24, 2.45) is 0 Å². The van der Waals surface area contributed by atoms with Crippen LogP contribution in [-0.2, 0) is 16.0 Å². The van der Waals surface area contributed by atoms with Crippen molar-refractivity contribution in [2.45, 2.75) is 12.8 Å². The second-order valence-electron chi connectivity index (χ2n) is 4.76. The van der Waals surface area contributed by atoms with Crippen LogP contribution in [0.5, 0.6) is 0 Å². The number of carbonyl (C=O) groups is 3. The summed E-state index contributed by atoms with van der Waals surface area (Å²) in [6.07, 6.45) is -0.624. The molecule has 0 heterocycles. The Morgan fingerprint density at radius 1 is 0.955 bits per heavy atom. The molecule has 0 fully saturated rings. The van der Waals surface area contributed by atoms with E-state index >= 15 is 0 Å². The van der Waals surface area contributed by atoms with Crippen LogP contribution in [0.3, 0.4) is 0 Å². The molecule has 0 saturated heterocycles. The van der Waals surface area contributed by atoms with E-state index in [1.54, 1.807) is 24.3 Å². The van der Waals surface area contributed by atoms with Gasteiger partial charge < -0.3 is 0 Å². The average molecular weight is 319 g/mol. The molecule has 0 aliphatic carbocycles. The zero-order chi connectivity index (χ0) is 16.1. The third kappa shape index (κ3) is 4.33. The van der Waals surface area contributed by atoms with E-state index in [1.807, 2.05) is 0 Å². The van der Waals surface area contributed by atoms with Crippen LogP contribution in [-0.4, -0.2) is 17.3 Å². The van der Waals surface area contributed by atoms with Crippen LogP contribution in [0.2, 0.25) is 5.02 Å². The Bertz CT molecular complexity index is 723. The molecule has 22 heavy (non-hydrogen) atoms. The van der Waals surface area contributed by atoms with Crippen molar-refractivity contribution in [2.75, 3.05) is 0 Å². The first-order valence-corrected chi connectivity index (χ1v) is 6.93. The summed E-state index contributed by atoms with van der Waals surface area (Å²) in [7, 11) is 0. The first-order valence-electron chi connectivity index (χ1n) is 6.55. The Hall–Kier alpha value is -2.33. The Kier molecular flexibility index (Phi) is 5.17. The lowest BCUT2D eigenvalue weighted by atomic mass is 10.0. The van der Waals surface area contributed by atoms with E-state index in [4.69, 9.17) is 11.6 Å². The molecule has 0 aliphatic rings. The highest BCUT2D eigenvalue weighted by Crippen LogP contribution is 2.12. The van der Waals surface area contributed by atoms with Gasteiger partial charge in [0, 0.05) is 17.0 Å². The van der Waals surface area contributed by atoms with Gasteiger partial charge in [0.15, 0.2) is 5.78 Å². The molecule has 2 rings (SSSR count). The average Bonchev–Trinajstić information content (AvgIpc) is 2.47. The molecule has 0 N–H and O–H groups in total. The summed E-state index contributed by atoms with van der Waals surface area (Å²) in [5, 5.41) is 0.472. The van der Waals surface area contributed by atoms with Gasteiger partial charge in [0.1, 0.15) is 5.82 Å². The van der Waals surface area contributed by atoms with E-state index in [-0.39, 0.29) is 12.0 Å². The predicted molar refractivity (Wildman–Crippen MR) is 80.5 cm³/mol. The topological polar surface area (TPSA) is 51.2 Å². The van der Waals surface area contributed by atoms with Gasteiger partial charge in [-0.3, -0.25) is 14.4 Å². The summed E-state index contributed by atoms with van der Waals surface area (Å²) in [6, 6.07) is 11.4. The zero-order valence-corrected chi connectivity index (χ0v) is 12.3. The van der Waals surface area contributed by atoms with E-state index in [1.165, 1.54) is 12.1 Å². The molecule has 0 amide bonds. The summed E-state index contributed by atoms with van der Waals surface area (Å²) >= 11 is 5.80. The van der Waals surface area contributed by atoms with Crippen molar-refractivity contribution in [1.82, 2.24) is 0 Å². The molecule has 0 aromatic heterocycles. The maximum absolute atomic E-state index is 12.8. The van der Waals surface area contributed by atoms with Crippen molar-refractivity contribution in [3.05, 3.63) is 70.5 Å². The Labute approximate surface area is 131 Å². The van der Waals surface area contributed by atoms with Crippen LogP contribution in [0.25, 0.3) is 0 Å². The van der Waals surface area contributed by atoms with Crippen LogP contribution in [0, 0.1) is 5.82 Å². The van der Waals surface area contributed by atoms with E-state index in [0.29, 0.717) is 10.6 Å². The minimum absolute atomic E-state index is 0.101. The molecule has 5 heteroatoms. The summed E-state index contributed by atoms with van der Waals surface area (Å²) in [5.41, 5.74) is 0.811. The second-order valence-corrected chi connectivity index (χ2v) is 5.20. The molecule has 3 nitrogen and oxygen atoms in total. The molecule has 0 unspecified atom stereocenters. The second kappa shape index (κ2) is 7.09. The van der Waals surface area contributed by atoms with Gasteiger partial charge in [-0.1, -0.05) is 23.7 Å². The normalized spacial score (nSPS) is 10.3. The Morgan fingerprint density at radius 2 is 1.64 bits per heavy atom. The first-order chi connectivity index (χ1) is 10.5. The highest BCUT2D eigenvalue weighted by Gasteiger charge is 2.19. The maximum Gasteiger partial charge on any atom is 0.206 e. The van der Waals surface area contributed by atoms with Gasteiger partial charge >= 0.3 is 0 Å². The third-order valence-corrected chi connectivity index (χ3v) is 3.29. The number of ketones is 3. The molecular formula is C17H12ClFO3. The van der Waals surface area contributed by atoms with Gasteiger partial charge in [0.2, 0.25) is 11.6 Å². The SMILES string of the molecule is O=C(CC(=O)c1ccc(F)cc1)C(=O)Cc1cccc(Cl)c1. The maximum atomic E-state index is 12.8.